The third-order valence-corrected chi connectivity index (χ3v) is 4.40. The van der Waals surface area contributed by atoms with E-state index >= 15 is 0 Å². The Kier molecular flexibility index (Phi) is 2.98. The van der Waals surface area contributed by atoms with Gasteiger partial charge in [0.05, 0.1) is 0 Å². The summed E-state index contributed by atoms with van der Waals surface area (Å²) < 4.78 is 0. The van der Waals surface area contributed by atoms with Gasteiger partial charge in [-0.1, -0.05) is 29.5 Å². The fourth-order valence-corrected chi connectivity index (χ4v) is 2.40. The Morgan fingerprint density at radius 1 is 1.10 bits per heavy atom. The largest absolute Gasteiger partial charge is 0.266 e. The molecule has 1 aromatic rings. The van der Waals surface area contributed by atoms with Gasteiger partial charge in [0.1, 0.15) is 0 Å². The molecule has 0 spiro atoms. The first kappa shape index (κ1) is 8.33. The number of rotatable bonds is 1. The predicted molar refractivity (Wildman–Crippen MR) is 54.5 cm³/mol. The van der Waals surface area contributed by atoms with Crippen LogP contribution in [0.5, 0.6) is 0 Å². The fourth-order valence-electron chi connectivity index (χ4n) is 0.712. The molecule has 4 heteroatoms. The standard InChI is InChI=1S/C6H8Cl2Si2/c7-10(8)6-3-1-5(9)2-4-6/h1-4,10H,9H3. The fraction of sp³-hybridized carbons (Fsp3) is 0. The smallest absolute Gasteiger partial charge is 0.144 e. The van der Waals surface area contributed by atoms with Crippen LogP contribution in [0.25, 0.3) is 0 Å². The molecule has 0 aromatic heterocycles. The average molecular weight is 207 g/mol. The summed E-state index contributed by atoms with van der Waals surface area (Å²) in [7, 11) is -0.493. The van der Waals surface area contributed by atoms with E-state index in [-0.39, 0.29) is 0 Å². The maximum absolute atomic E-state index is 5.77. The SMILES string of the molecule is [SiH3]c1ccc([SiH](Cl)Cl)cc1. The van der Waals surface area contributed by atoms with Gasteiger partial charge in [0.25, 0.3) is 7.42 Å². The molecular formula is C6H8Cl2Si2. The average Bonchev–Trinajstić information content (AvgIpc) is 1.88. The van der Waals surface area contributed by atoms with Crippen molar-refractivity contribution in [2.24, 2.45) is 0 Å². The first-order valence-corrected chi connectivity index (χ1v) is 8.12. The minimum absolute atomic E-state index is 1.10. The lowest BCUT2D eigenvalue weighted by Crippen LogP contribution is -2.19. The van der Waals surface area contributed by atoms with Crippen LogP contribution in [0.2, 0.25) is 0 Å². The van der Waals surface area contributed by atoms with Gasteiger partial charge >= 0.3 is 0 Å². The van der Waals surface area contributed by atoms with Crippen molar-refractivity contribution in [3.63, 3.8) is 0 Å². The highest BCUT2D eigenvalue weighted by Gasteiger charge is 2.03. The van der Waals surface area contributed by atoms with Gasteiger partial charge in [-0.15, -0.1) is 22.2 Å². The van der Waals surface area contributed by atoms with E-state index in [0.717, 1.165) is 15.4 Å². The van der Waals surface area contributed by atoms with E-state index in [1.807, 2.05) is 12.1 Å². The van der Waals surface area contributed by atoms with Gasteiger partial charge < -0.3 is 0 Å². The van der Waals surface area contributed by atoms with E-state index in [1.54, 1.807) is 0 Å². The lowest BCUT2D eigenvalue weighted by molar-refractivity contribution is 1.84. The molecule has 0 atom stereocenters. The Labute approximate surface area is 74.6 Å². The van der Waals surface area contributed by atoms with Crippen LogP contribution in [0.4, 0.5) is 0 Å². The van der Waals surface area contributed by atoms with Gasteiger partial charge in [-0.05, 0) is 5.19 Å². The first-order valence-electron chi connectivity index (χ1n) is 3.05. The van der Waals surface area contributed by atoms with Crippen molar-refractivity contribution in [1.29, 1.82) is 0 Å². The van der Waals surface area contributed by atoms with Crippen LogP contribution in [0.3, 0.4) is 0 Å². The highest BCUT2D eigenvalue weighted by atomic mass is 35.7. The Morgan fingerprint density at radius 2 is 1.60 bits per heavy atom. The van der Waals surface area contributed by atoms with Gasteiger partial charge in [-0.25, -0.2) is 0 Å². The Morgan fingerprint density at radius 3 is 2.00 bits per heavy atom. The number of hydrogen-bond donors (Lipinski definition) is 0. The Hall–Kier alpha value is 0.234. The van der Waals surface area contributed by atoms with Gasteiger partial charge in [0.2, 0.25) is 0 Å². The maximum atomic E-state index is 5.77. The molecule has 0 saturated carbocycles. The van der Waals surface area contributed by atoms with Crippen molar-refractivity contribution in [1.82, 2.24) is 0 Å². The molecule has 0 heterocycles. The zero-order valence-corrected chi connectivity index (χ0v) is 10.3. The third-order valence-electron chi connectivity index (χ3n) is 1.33. The Bertz CT molecular complexity index is 207. The zero-order chi connectivity index (χ0) is 7.56. The molecule has 0 nitrogen and oxygen atoms in total. The zero-order valence-electron chi connectivity index (χ0n) is 5.64. The molecule has 0 saturated heterocycles. The topological polar surface area (TPSA) is 0 Å². The van der Waals surface area contributed by atoms with Crippen LogP contribution in [0, 0.1) is 0 Å². The van der Waals surface area contributed by atoms with Crippen LogP contribution in [-0.2, 0) is 0 Å². The van der Waals surface area contributed by atoms with E-state index in [9.17, 15) is 0 Å². The lowest BCUT2D eigenvalue weighted by Gasteiger charge is -1.98. The molecule has 0 aliphatic heterocycles. The summed E-state index contributed by atoms with van der Waals surface area (Å²) >= 11 is 11.5. The second-order valence-electron chi connectivity index (χ2n) is 2.21. The van der Waals surface area contributed by atoms with E-state index in [1.165, 1.54) is 5.19 Å². The van der Waals surface area contributed by atoms with E-state index in [0.29, 0.717) is 0 Å². The lowest BCUT2D eigenvalue weighted by atomic mass is 10.4. The highest BCUT2D eigenvalue weighted by molar-refractivity contribution is 7.39. The second-order valence-corrected chi connectivity index (χ2v) is 7.92. The van der Waals surface area contributed by atoms with Crippen LogP contribution < -0.4 is 10.4 Å². The minimum Gasteiger partial charge on any atom is -0.144 e. The van der Waals surface area contributed by atoms with Gasteiger partial charge in [0.15, 0.2) is 0 Å². The molecule has 0 amide bonds. The molecule has 0 N–H and O–H groups in total. The number of halogens is 2. The number of benzene rings is 1. The van der Waals surface area contributed by atoms with Crippen LogP contribution >= 0.6 is 22.2 Å². The summed E-state index contributed by atoms with van der Waals surface area (Å²) in [6.45, 7) is 0. The monoisotopic (exact) mass is 206 g/mol. The molecule has 0 aliphatic carbocycles. The second kappa shape index (κ2) is 3.57. The van der Waals surface area contributed by atoms with E-state index in [2.05, 4.69) is 12.1 Å². The molecule has 1 aromatic carbocycles. The highest BCUT2D eigenvalue weighted by Crippen LogP contribution is 1.95. The molecule has 10 heavy (non-hydrogen) atoms. The van der Waals surface area contributed by atoms with Crippen molar-refractivity contribution in [2.45, 2.75) is 0 Å². The number of hydrogen-bond acceptors (Lipinski definition) is 0. The third kappa shape index (κ3) is 2.13. The van der Waals surface area contributed by atoms with Crippen molar-refractivity contribution < 1.29 is 0 Å². The summed E-state index contributed by atoms with van der Waals surface area (Å²) in [4.78, 5) is 0. The Balaban J connectivity index is 2.89. The maximum Gasteiger partial charge on any atom is 0.266 e. The van der Waals surface area contributed by atoms with Gasteiger partial charge in [-0.3, -0.25) is 0 Å². The summed E-state index contributed by atoms with van der Waals surface area (Å²) in [5.41, 5.74) is 0. The molecule has 0 bridgehead atoms. The summed E-state index contributed by atoms with van der Waals surface area (Å²) in [6.07, 6.45) is 0. The molecule has 54 valence electrons. The summed E-state index contributed by atoms with van der Waals surface area (Å²) in [6, 6.07) is 8.23. The van der Waals surface area contributed by atoms with E-state index < -0.39 is 7.42 Å². The van der Waals surface area contributed by atoms with Crippen LogP contribution in [0.1, 0.15) is 0 Å². The molecule has 0 unspecified atom stereocenters. The van der Waals surface area contributed by atoms with Crippen molar-refractivity contribution in [3.05, 3.63) is 24.3 Å². The van der Waals surface area contributed by atoms with Gasteiger partial charge in [-0.2, -0.15) is 0 Å². The molecule has 1 rings (SSSR count). The summed E-state index contributed by atoms with van der Waals surface area (Å²) in [5, 5.41) is 2.50. The minimum atomic E-state index is -1.59. The molecular weight excluding hydrogens is 199 g/mol. The normalized spacial score (nSPS) is 10.7. The summed E-state index contributed by atoms with van der Waals surface area (Å²) in [5.74, 6) is 0. The van der Waals surface area contributed by atoms with E-state index in [4.69, 9.17) is 22.2 Å². The quantitative estimate of drug-likeness (QED) is 0.433. The molecule has 0 fully saturated rings. The van der Waals surface area contributed by atoms with Crippen molar-refractivity contribution in [2.75, 3.05) is 0 Å². The van der Waals surface area contributed by atoms with Crippen LogP contribution in [0.15, 0.2) is 24.3 Å². The molecule has 0 aliphatic rings. The van der Waals surface area contributed by atoms with Gasteiger partial charge in [0, 0.05) is 10.2 Å². The first-order chi connectivity index (χ1) is 4.70. The van der Waals surface area contributed by atoms with Crippen molar-refractivity contribution >= 4 is 50.2 Å². The van der Waals surface area contributed by atoms with Crippen molar-refractivity contribution in [3.8, 4) is 0 Å². The van der Waals surface area contributed by atoms with Crippen LogP contribution in [-0.4, -0.2) is 17.7 Å². The predicted octanol–water partition coefficient (Wildman–Crippen LogP) is -0.418. The molecule has 0 radical (unpaired) electrons.